The minimum Gasteiger partial charge on any atom is -0.480 e. The Morgan fingerprint density at radius 2 is 1.60 bits per heavy atom. The summed E-state index contributed by atoms with van der Waals surface area (Å²) in [5, 5.41) is 12.7. The van der Waals surface area contributed by atoms with E-state index < -0.39 is 29.6 Å². The molecule has 1 aliphatic carbocycles. The molecule has 40 heavy (non-hydrogen) atoms. The molecule has 208 valence electrons. The van der Waals surface area contributed by atoms with Crippen molar-refractivity contribution in [3.8, 4) is 11.1 Å². The van der Waals surface area contributed by atoms with Crippen LogP contribution >= 0.6 is 0 Å². The first-order valence-corrected chi connectivity index (χ1v) is 13.7. The Morgan fingerprint density at radius 3 is 2.23 bits per heavy atom. The van der Waals surface area contributed by atoms with Gasteiger partial charge in [-0.25, -0.2) is 9.59 Å². The first kappa shape index (κ1) is 27.4. The van der Waals surface area contributed by atoms with Crippen LogP contribution in [0.4, 0.5) is 4.79 Å². The number of nitrogens with one attached hydrogen (secondary N) is 1. The Bertz CT molecular complexity index is 1350. The summed E-state index contributed by atoms with van der Waals surface area (Å²) in [6, 6.07) is 25.0. The lowest BCUT2D eigenvalue weighted by atomic mass is 9.98. The van der Waals surface area contributed by atoms with Crippen molar-refractivity contribution in [3.63, 3.8) is 0 Å². The summed E-state index contributed by atoms with van der Waals surface area (Å²) in [5.74, 6) is -1.58. The molecule has 1 fully saturated rings. The van der Waals surface area contributed by atoms with Gasteiger partial charge < -0.3 is 20.1 Å². The van der Waals surface area contributed by atoms with Crippen molar-refractivity contribution >= 4 is 18.0 Å². The highest BCUT2D eigenvalue weighted by Gasteiger charge is 2.47. The van der Waals surface area contributed by atoms with Gasteiger partial charge in [0.1, 0.15) is 18.2 Å². The van der Waals surface area contributed by atoms with E-state index in [0.717, 1.165) is 27.8 Å². The Labute approximate surface area is 234 Å². The second-order valence-corrected chi connectivity index (χ2v) is 10.9. The number of amides is 2. The van der Waals surface area contributed by atoms with E-state index in [4.69, 9.17) is 4.74 Å². The first-order chi connectivity index (χ1) is 19.3. The van der Waals surface area contributed by atoms with Gasteiger partial charge in [0, 0.05) is 25.6 Å². The SMILES string of the molecule is CN(Cc1ccccc1)CC(NC(=O)OCC1c2ccccc2-c2ccccc21)C(=O)N1CCCC1(C)C(=O)O. The highest BCUT2D eigenvalue weighted by atomic mass is 16.5. The van der Waals surface area contributed by atoms with Crippen molar-refractivity contribution < 1.29 is 24.2 Å². The van der Waals surface area contributed by atoms with E-state index in [2.05, 4.69) is 17.4 Å². The van der Waals surface area contributed by atoms with Crippen molar-refractivity contribution in [2.24, 2.45) is 0 Å². The number of likely N-dealkylation sites (tertiary alicyclic amines) is 1. The van der Waals surface area contributed by atoms with E-state index in [-0.39, 0.29) is 19.1 Å². The molecular weight excluding hydrogens is 506 g/mol. The van der Waals surface area contributed by atoms with Crippen LogP contribution in [0.1, 0.15) is 42.4 Å². The predicted molar refractivity (Wildman–Crippen MR) is 152 cm³/mol. The maximum atomic E-state index is 13.7. The predicted octanol–water partition coefficient (Wildman–Crippen LogP) is 4.49. The summed E-state index contributed by atoms with van der Waals surface area (Å²) in [5.41, 5.74) is 4.21. The average Bonchev–Trinajstić information content (AvgIpc) is 3.50. The van der Waals surface area contributed by atoms with Crippen LogP contribution < -0.4 is 5.32 Å². The third kappa shape index (κ3) is 5.45. The molecule has 8 heteroatoms. The molecule has 3 aromatic carbocycles. The number of hydrogen-bond donors (Lipinski definition) is 2. The number of fused-ring (bicyclic) bond motifs is 3. The number of rotatable bonds is 9. The number of carbonyl (C=O) groups is 3. The normalized spacial score (nSPS) is 18.7. The fraction of sp³-hybridized carbons (Fsp3) is 0.344. The standard InChI is InChI=1S/C32H35N3O5/c1-32(30(37)38)17-10-18-35(32)29(36)28(20-34(2)19-22-11-4-3-5-12-22)33-31(39)40-21-27-25-15-8-6-13-23(25)24-14-7-9-16-26(24)27/h3-9,11-16,27-28H,10,17-21H2,1-2H3,(H,33,39)(H,37,38). The van der Waals surface area contributed by atoms with Gasteiger partial charge in [0.25, 0.3) is 0 Å². The quantitative estimate of drug-likeness (QED) is 0.414. The molecule has 2 aliphatic rings. The van der Waals surface area contributed by atoms with Crippen molar-refractivity contribution in [2.75, 3.05) is 26.7 Å². The van der Waals surface area contributed by atoms with Crippen LogP contribution in [0.25, 0.3) is 11.1 Å². The van der Waals surface area contributed by atoms with Gasteiger partial charge in [-0.05, 0) is 54.6 Å². The zero-order valence-electron chi connectivity index (χ0n) is 22.9. The molecule has 1 saturated heterocycles. The molecule has 2 N–H and O–H groups in total. The summed E-state index contributed by atoms with van der Waals surface area (Å²) in [6.45, 7) is 2.78. The van der Waals surface area contributed by atoms with Gasteiger partial charge in [0.05, 0.1) is 0 Å². The van der Waals surface area contributed by atoms with E-state index in [0.29, 0.717) is 25.9 Å². The molecule has 0 spiro atoms. The number of benzene rings is 3. The Balaban J connectivity index is 1.31. The maximum Gasteiger partial charge on any atom is 0.407 e. The Hall–Kier alpha value is -4.17. The first-order valence-electron chi connectivity index (χ1n) is 13.7. The van der Waals surface area contributed by atoms with Crippen molar-refractivity contribution in [2.45, 2.75) is 43.8 Å². The summed E-state index contributed by atoms with van der Waals surface area (Å²) in [7, 11) is 1.87. The largest absolute Gasteiger partial charge is 0.480 e. The second kappa shape index (κ2) is 11.5. The molecule has 2 unspecified atom stereocenters. The topological polar surface area (TPSA) is 99.2 Å². The maximum absolute atomic E-state index is 13.7. The van der Waals surface area contributed by atoms with E-state index >= 15 is 0 Å². The lowest BCUT2D eigenvalue weighted by Gasteiger charge is -2.35. The second-order valence-electron chi connectivity index (χ2n) is 10.9. The van der Waals surface area contributed by atoms with Gasteiger partial charge in [0.15, 0.2) is 0 Å². The van der Waals surface area contributed by atoms with E-state index in [9.17, 15) is 19.5 Å². The molecule has 1 aliphatic heterocycles. The highest BCUT2D eigenvalue weighted by Crippen LogP contribution is 2.44. The van der Waals surface area contributed by atoms with Crippen LogP contribution in [0.3, 0.4) is 0 Å². The fourth-order valence-electron chi connectivity index (χ4n) is 5.97. The molecule has 1 heterocycles. The van der Waals surface area contributed by atoms with Gasteiger partial charge in [0.2, 0.25) is 5.91 Å². The number of carboxylic acid groups (broad SMARTS) is 1. The number of carboxylic acids is 1. The van der Waals surface area contributed by atoms with Gasteiger partial charge in [-0.2, -0.15) is 0 Å². The molecule has 2 amide bonds. The Morgan fingerprint density at radius 1 is 1.00 bits per heavy atom. The lowest BCUT2D eigenvalue weighted by Crippen LogP contribution is -2.59. The average molecular weight is 542 g/mol. The summed E-state index contributed by atoms with van der Waals surface area (Å²) < 4.78 is 5.73. The molecule has 0 radical (unpaired) electrons. The van der Waals surface area contributed by atoms with Gasteiger partial charge >= 0.3 is 12.1 Å². The summed E-state index contributed by atoms with van der Waals surface area (Å²) >= 11 is 0. The molecule has 8 nitrogen and oxygen atoms in total. The Kier molecular flexibility index (Phi) is 7.89. The highest BCUT2D eigenvalue weighted by molar-refractivity contribution is 5.92. The summed E-state index contributed by atoms with van der Waals surface area (Å²) in [4.78, 5) is 42.3. The van der Waals surface area contributed by atoms with Crippen LogP contribution in [-0.2, 0) is 20.9 Å². The number of alkyl carbamates (subject to hydrolysis) is 1. The molecule has 0 saturated carbocycles. The van der Waals surface area contributed by atoms with Crippen LogP contribution in [0.15, 0.2) is 78.9 Å². The fourth-order valence-corrected chi connectivity index (χ4v) is 5.97. The molecule has 2 atom stereocenters. The number of nitrogens with zero attached hydrogens (tertiary/aromatic N) is 2. The molecular formula is C32H35N3O5. The van der Waals surface area contributed by atoms with E-state index in [1.54, 1.807) is 6.92 Å². The van der Waals surface area contributed by atoms with Crippen molar-refractivity contribution in [3.05, 3.63) is 95.6 Å². The van der Waals surface area contributed by atoms with Crippen LogP contribution in [0.5, 0.6) is 0 Å². The van der Waals surface area contributed by atoms with Crippen LogP contribution in [-0.4, -0.2) is 71.2 Å². The number of aliphatic carboxylic acids is 1. The van der Waals surface area contributed by atoms with Gasteiger partial charge in [-0.1, -0.05) is 78.9 Å². The monoisotopic (exact) mass is 541 g/mol. The molecule has 0 aromatic heterocycles. The smallest absolute Gasteiger partial charge is 0.407 e. The lowest BCUT2D eigenvalue weighted by molar-refractivity contribution is -0.156. The summed E-state index contributed by atoms with van der Waals surface area (Å²) in [6.07, 6.45) is 0.252. The minimum atomic E-state index is -1.31. The molecule has 0 bridgehead atoms. The number of ether oxygens (including phenoxy) is 1. The van der Waals surface area contributed by atoms with Crippen molar-refractivity contribution in [1.29, 1.82) is 0 Å². The van der Waals surface area contributed by atoms with Crippen LogP contribution in [0, 0.1) is 0 Å². The van der Waals surface area contributed by atoms with Crippen LogP contribution in [0.2, 0.25) is 0 Å². The minimum absolute atomic E-state index is 0.109. The van der Waals surface area contributed by atoms with Gasteiger partial charge in [-0.15, -0.1) is 0 Å². The van der Waals surface area contributed by atoms with E-state index in [1.165, 1.54) is 4.90 Å². The third-order valence-corrected chi connectivity index (χ3v) is 8.09. The van der Waals surface area contributed by atoms with Gasteiger partial charge in [-0.3, -0.25) is 9.69 Å². The third-order valence-electron chi connectivity index (χ3n) is 8.09. The van der Waals surface area contributed by atoms with Crippen molar-refractivity contribution in [1.82, 2.24) is 15.1 Å². The zero-order chi connectivity index (χ0) is 28.3. The number of carbonyl (C=O) groups excluding carboxylic acids is 2. The molecule has 5 rings (SSSR count). The zero-order valence-corrected chi connectivity index (χ0v) is 22.9. The van der Waals surface area contributed by atoms with E-state index in [1.807, 2.05) is 78.7 Å². The number of hydrogen-bond acceptors (Lipinski definition) is 5. The molecule has 3 aromatic rings. The number of likely N-dealkylation sites (N-methyl/N-ethyl adjacent to an activating group) is 1.